The molecule has 4 heteroatoms. The largest absolute Gasteiger partial charge is 0.379 e. The number of hydrogen-bond donors (Lipinski definition) is 1. The Balaban J connectivity index is 2.38. The summed E-state index contributed by atoms with van der Waals surface area (Å²) in [6, 6.07) is 0. The molecule has 0 saturated heterocycles. The standard InChI is InChI=1S/C14H27N3O/c1-5-6-7-15-14-16-13(4)10-17(14)8-9-18-11-12(2)3/h10,12H,5-9,11H2,1-4H3,(H,15,16). The summed E-state index contributed by atoms with van der Waals surface area (Å²) >= 11 is 0. The summed E-state index contributed by atoms with van der Waals surface area (Å²) in [5.74, 6) is 1.56. The van der Waals surface area contributed by atoms with E-state index in [4.69, 9.17) is 4.74 Å². The van der Waals surface area contributed by atoms with Crippen molar-refractivity contribution in [3.63, 3.8) is 0 Å². The highest BCUT2D eigenvalue weighted by atomic mass is 16.5. The zero-order valence-electron chi connectivity index (χ0n) is 12.2. The van der Waals surface area contributed by atoms with E-state index in [2.05, 4.69) is 41.8 Å². The lowest BCUT2D eigenvalue weighted by atomic mass is 10.2. The quantitative estimate of drug-likeness (QED) is 0.687. The summed E-state index contributed by atoms with van der Waals surface area (Å²) in [5, 5.41) is 3.38. The van der Waals surface area contributed by atoms with Gasteiger partial charge in [-0.25, -0.2) is 4.98 Å². The molecule has 18 heavy (non-hydrogen) atoms. The molecular weight excluding hydrogens is 226 g/mol. The molecule has 0 bridgehead atoms. The molecule has 1 aromatic rings. The summed E-state index contributed by atoms with van der Waals surface area (Å²) in [7, 11) is 0. The number of unbranched alkanes of at least 4 members (excludes halogenated alkanes) is 1. The molecule has 0 radical (unpaired) electrons. The highest BCUT2D eigenvalue weighted by Gasteiger charge is 2.04. The summed E-state index contributed by atoms with van der Waals surface area (Å²) in [5.41, 5.74) is 1.05. The van der Waals surface area contributed by atoms with Crippen LogP contribution in [-0.2, 0) is 11.3 Å². The van der Waals surface area contributed by atoms with Crippen LogP contribution in [0.1, 0.15) is 39.3 Å². The zero-order chi connectivity index (χ0) is 13.4. The smallest absolute Gasteiger partial charge is 0.203 e. The molecule has 0 fully saturated rings. The van der Waals surface area contributed by atoms with Crippen molar-refractivity contribution in [2.24, 2.45) is 5.92 Å². The number of aryl methyl sites for hydroxylation is 1. The van der Waals surface area contributed by atoms with Crippen molar-refractivity contribution in [2.45, 2.75) is 47.1 Å². The van der Waals surface area contributed by atoms with Gasteiger partial charge in [0, 0.05) is 25.9 Å². The van der Waals surface area contributed by atoms with Gasteiger partial charge < -0.3 is 14.6 Å². The van der Waals surface area contributed by atoms with E-state index in [-0.39, 0.29) is 0 Å². The third kappa shape index (κ3) is 5.54. The van der Waals surface area contributed by atoms with Crippen molar-refractivity contribution < 1.29 is 4.74 Å². The van der Waals surface area contributed by atoms with Crippen LogP contribution in [0, 0.1) is 12.8 Å². The Bertz CT molecular complexity index is 334. The van der Waals surface area contributed by atoms with Crippen LogP contribution < -0.4 is 5.32 Å². The fourth-order valence-electron chi connectivity index (χ4n) is 1.72. The van der Waals surface area contributed by atoms with Gasteiger partial charge >= 0.3 is 0 Å². The second-order valence-electron chi connectivity index (χ2n) is 5.15. The molecule has 0 saturated carbocycles. The van der Waals surface area contributed by atoms with E-state index in [1.165, 1.54) is 12.8 Å². The first-order chi connectivity index (χ1) is 8.63. The predicted molar refractivity (Wildman–Crippen MR) is 76.0 cm³/mol. The minimum atomic E-state index is 0.594. The molecule has 0 aromatic carbocycles. The van der Waals surface area contributed by atoms with E-state index in [0.717, 1.165) is 37.9 Å². The highest BCUT2D eigenvalue weighted by molar-refractivity contribution is 5.28. The van der Waals surface area contributed by atoms with Crippen LogP contribution in [-0.4, -0.2) is 29.3 Å². The van der Waals surface area contributed by atoms with Gasteiger partial charge in [-0.15, -0.1) is 0 Å². The van der Waals surface area contributed by atoms with Crippen molar-refractivity contribution in [3.05, 3.63) is 11.9 Å². The van der Waals surface area contributed by atoms with Crippen LogP contribution in [0.25, 0.3) is 0 Å². The lowest BCUT2D eigenvalue weighted by Crippen LogP contribution is -2.13. The first kappa shape index (κ1) is 15.0. The van der Waals surface area contributed by atoms with E-state index in [1.807, 2.05) is 6.92 Å². The number of nitrogens with one attached hydrogen (secondary N) is 1. The summed E-state index contributed by atoms with van der Waals surface area (Å²) < 4.78 is 7.76. The summed E-state index contributed by atoms with van der Waals surface area (Å²) in [4.78, 5) is 4.49. The third-order valence-electron chi connectivity index (χ3n) is 2.64. The van der Waals surface area contributed by atoms with E-state index in [0.29, 0.717) is 5.92 Å². The number of aromatic nitrogens is 2. The molecule has 1 N–H and O–H groups in total. The maximum atomic E-state index is 5.61. The second-order valence-corrected chi connectivity index (χ2v) is 5.15. The van der Waals surface area contributed by atoms with E-state index >= 15 is 0 Å². The van der Waals surface area contributed by atoms with E-state index < -0.39 is 0 Å². The monoisotopic (exact) mass is 253 g/mol. The molecule has 104 valence electrons. The minimum Gasteiger partial charge on any atom is -0.379 e. The predicted octanol–water partition coefficient (Wildman–Crippen LogP) is 3.08. The SMILES string of the molecule is CCCCNc1nc(C)cn1CCOCC(C)C. The Morgan fingerprint density at radius 2 is 2.22 bits per heavy atom. The Morgan fingerprint density at radius 3 is 2.89 bits per heavy atom. The van der Waals surface area contributed by atoms with Crippen molar-refractivity contribution in [1.29, 1.82) is 0 Å². The molecule has 0 unspecified atom stereocenters. The van der Waals surface area contributed by atoms with Gasteiger partial charge in [0.05, 0.1) is 12.3 Å². The van der Waals surface area contributed by atoms with Crippen molar-refractivity contribution in [2.75, 3.05) is 25.1 Å². The number of imidazole rings is 1. The van der Waals surface area contributed by atoms with Crippen LogP contribution >= 0.6 is 0 Å². The van der Waals surface area contributed by atoms with Gasteiger partial charge in [-0.3, -0.25) is 0 Å². The number of ether oxygens (including phenoxy) is 1. The molecule has 1 rings (SSSR count). The first-order valence-electron chi connectivity index (χ1n) is 6.98. The Hall–Kier alpha value is -1.03. The van der Waals surface area contributed by atoms with Gasteiger partial charge in [0.1, 0.15) is 0 Å². The number of nitrogens with zero attached hydrogens (tertiary/aromatic N) is 2. The Morgan fingerprint density at radius 1 is 1.44 bits per heavy atom. The molecule has 0 aliphatic rings. The second kappa shape index (κ2) is 8.14. The van der Waals surface area contributed by atoms with E-state index in [1.54, 1.807) is 0 Å². The fraction of sp³-hybridized carbons (Fsp3) is 0.786. The maximum absolute atomic E-state index is 5.61. The molecule has 1 aromatic heterocycles. The van der Waals surface area contributed by atoms with Crippen molar-refractivity contribution in [3.8, 4) is 0 Å². The maximum Gasteiger partial charge on any atom is 0.203 e. The van der Waals surface area contributed by atoms with E-state index in [9.17, 15) is 0 Å². The number of hydrogen-bond acceptors (Lipinski definition) is 3. The minimum absolute atomic E-state index is 0.594. The van der Waals surface area contributed by atoms with Crippen LogP contribution in [0.4, 0.5) is 5.95 Å². The molecular formula is C14H27N3O. The van der Waals surface area contributed by atoms with Crippen molar-refractivity contribution in [1.82, 2.24) is 9.55 Å². The summed E-state index contributed by atoms with van der Waals surface area (Å²) in [6.45, 7) is 12.0. The third-order valence-corrected chi connectivity index (χ3v) is 2.64. The van der Waals surface area contributed by atoms with Crippen LogP contribution in [0.5, 0.6) is 0 Å². The first-order valence-corrected chi connectivity index (χ1v) is 6.98. The zero-order valence-corrected chi connectivity index (χ0v) is 12.2. The normalized spacial score (nSPS) is 11.2. The molecule has 0 spiro atoms. The van der Waals surface area contributed by atoms with Gasteiger partial charge in [0.15, 0.2) is 0 Å². The van der Waals surface area contributed by atoms with Gasteiger partial charge in [-0.1, -0.05) is 27.2 Å². The van der Waals surface area contributed by atoms with Gasteiger partial charge in [-0.2, -0.15) is 0 Å². The molecule has 0 atom stereocenters. The number of rotatable bonds is 9. The van der Waals surface area contributed by atoms with Crippen molar-refractivity contribution >= 4 is 5.95 Å². The Kier molecular flexibility index (Phi) is 6.80. The fourth-order valence-corrected chi connectivity index (χ4v) is 1.72. The molecule has 0 amide bonds. The molecule has 4 nitrogen and oxygen atoms in total. The molecule has 1 heterocycles. The highest BCUT2D eigenvalue weighted by Crippen LogP contribution is 2.08. The van der Waals surface area contributed by atoms with Gasteiger partial charge in [0.25, 0.3) is 0 Å². The average molecular weight is 253 g/mol. The lowest BCUT2D eigenvalue weighted by molar-refractivity contribution is 0.103. The van der Waals surface area contributed by atoms with Gasteiger partial charge in [-0.05, 0) is 19.3 Å². The van der Waals surface area contributed by atoms with Crippen LogP contribution in [0.3, 0.4) is 0 Å². The molecule has 0 aliphatic carbocycles. The Labute approximate surface area is 111 Å². The lowest BCUT2D eigenvalue weighted by Gasteiger charge is -2.10. The average Bonchev–Trinajstić information content (AvgIpc) is 2.65. The van der Waals surface area contributed by atoms with Crippen LogP contribution in [0.2, 0.25) is 0 Å². The molecule has 0 aliphatic heterocycles. The van der Waals surface area contributed by atoms with Crippen LogP contribution in [0.15, 0.2) is 6.20 Å². The summed E-state index contributed by atoms with van der Waals surface area (Å²) in [6.07, 6.45) is 4.45. The number of anilines is 1. The topological polar surface area (TPSA) is 39.1 Å². The van der Waals surface area contributed by atoms with Gasteiger partial charge in [0.2, 0.25) is 5.95 Å².